The average Bonchev–Trinajstić information content (AvgIpc) is 2.35. The maximum atomic E-state index is 11.4. The highest BCUT2D eigenvalue weighted by Gasteiger charge is 2.25. The normalized spacial score (nSPS) is 11.3. The van der Waals surface area contributed by atoms with Crippen LogP contribution in [-0.4, -0.2) is 18.0 Å². The van der Waals surface area contributed by atoms with E-state index in [0.29, 0.717) is 0 Å². The highest BCUT2D eigenvalue weighted by Crippen LogP contribution is 2.24. The first-order valence-electron chi connectivity index (χ1n) is 5.43. The van der Waals surface area contributed by atoms with Gasteiger partial charge in [-0.05, 0) is 25.5 Å². The minimum absolute atomic E-state index is 0.0374. The van der Waals surface area contributed by atoms with Crippen molar-refractivity contribution in [3.63, 3.8) is 0 Å². The van der Waals surface area contributed by atoms with Gasteiger partial charge in [-0.2, -0.15) is 0 Å². The number of ether oxygens (including phenoxy) is 2. The van der Waals surface area contributed by atoms with E-state index in [0.717, 1.165) is 11.8 Å². The van der Waals surface area contributed by atoms with Gasteiger partial charge in [0.1, 0.15) is 18.5 Å². The summed E-state index contributed by atoms with van der Waals surface area (Å²) < 4.78 is 9.97. The van der Waals surface area contributed by atoms with Crippen LogP contribution in [0.1, 0.15) is 19.4 Å². The zero-order chi connectivity index (χ0) is 13.4. The summed E-state index contributed by atoms with van der Waals surface area (Å²) in [4.78, 5) is 15.1. The molecule has 0 aliphatic heterocycles. The molecule has 0 radical (unpaired) electrons. The van der Waals surface area contributed by atoms with E-state index in [4.69, 9.17) is 14.7 Å². The minimum Gasteiger partial charge on any atom is -0.430 e. The van der Waals surface area contributed by atoms with E-state index in [2.05, 4.69) is 4.89 Å². The Morgan fingerprint density at radius 3 is 2.61 bits per heavy atom. The average molecular weight is 252 g/mol. The Labute approximate surface area is 106 Å². The van der Waals surface area contributed by atoms with E-state index in [-0.39, 0.29) is 6.61 Å². The molecular formula is C13H16O5. The molecule has 0 unspecified atom stereocenters. The summed E-state index contributed by atoms with van der Waals surface area (Å²) in [5.41, 5.74) is 0.103. The Kier molecular flexibility index (Phi) is 5.20. The molecule has 1 aromatic carbocycles. The van der Waals surface area contributed by atoms with Crippen molar-refractivity contribution in [3.05, 3.63) is 48.2 Å². The fraction of sp³-hybridized carbons (Fsp3) is 0.308. The smallest absolute Gasteiger partial charge is 0.430 e. The summed E-state index contributed by atoms with van der Waals surface area (Å²) in [7, 11) is 0. The van der Waals surface area contributed by atoms with Crippen LogP contribution in [0.15, 0.2) is 42.7 Å². The highest BCUT2D eigenvalue weighted by atomic mass is 17.1. The standard InChI is InChI=1S/C13H16O5/c1-13(2,11-7-4-3-5-8-11)18-12(14)16-9-6-10-17-15/h3-8,10,15H,9H2,1-2H3. The quantitative estimate of drug-likeness (QED) is 0.377. The highest BCUT2D eigenvalue weighted by molar-refractivity contribution is 5.61. The summed E-state index contributed by atoms with van der Waals surface area (Å²) >= 11 is 0. The molecule has 0 heterocycles. The second-order valence-corrected chi connectivity index (χ2v) is 4.02. The lowest BCUT2D eigenvalue weighted by molar-refractivity contribution is -0.187. The lowest BCUT2D eigenvalue weighted by Gasteiger charge is -2.24. The topological polar surface area (TPSA) is 65.0 Å². The third kappa shape index (κ3) is 4.47. The molecule has 5 nitrogen and oxygen atoms in total. The molecule has 0 amide bonds. The number of carbonyl (C=O) groups is 1. The summed E-state index contributed by atoms with van der Waals surface area (Å²) in [5, 5.41) is 8.01. The van der Waals surface area contributed by atoms with Gasteiger partial charge in [0, 0.05) is 0 Å². The van der Waals surface area contributed by atoms with Gasteiger partial charge in [-0.25, -0.2) is 10.1 Å². The van der Waals surface area contributed by atoms with Crippen molar-refractivity contribution in [1.82, 2.24) is 0 Å². The van der Waals surface area contributed by atoms with Crippen molar-refractivity contribution >= 4 is 6.16 Å². The lowest BCUT2D eigenvalue weighted by Crippen LogP contribution is -2.26. The SMILES string of the molecule is CC(C)(OC(=O)OCC=COO)c1ccccc1. The van der Waals surface area contributed by atoms with E-state index in [1.165, 1.54) is 6.08 Å². The Morgan fingerprint density at radius 1 is 1.33 bits per heavy atom. The molecule has 0 saturated heterocycles. The molecule has 1 rings (SSSR count). The summed E-state index contributed by atoms with van der Waals surface area (Å²) in [5.74, 6) is 0. The van der Waals surface area contributed by atoms with E-state index in [1.807, 2.05) is 30.3 Å². The molecule has 0 fully saturated rings. The second-order valence-electron chi connectivity index (χ2n) is 4.02. The van der Waals surface area contributed by atoms with Crippen LogP contribution in [0.4, 0.5) is 4.79 Å². The van der Waals surface area contributed by atoms with Crippen molar-refractivity contribution in [3.8, 4) is 0 Å². The molecule has 0 spiro atoms. The maximum absolute atomic E-state index is 11.4. The fourth-order valence-electron chi connectivity index (χ4n) is 1.33. The lowest BCUT2D eigenvalue weighted by atomic mass is 9.98. The molecule has 0 bridgehead atoms. The molecule has 0 aliphatic carbocycles. The van der Waals surface area contributed by atoms with E-state index in [1.54, 1.807) is 13.8 Å². The summed E-state index contributed by atoms with van der Waals surface area (Å²) in [6.07, 6.45) is 1.54. The minimum atomic E-state index is -0.786. The first-order valence-corrected chi connectivity index (χ1v) is 5.43. The van der Waals surface area contributed by atoms with E-state index < -0.39 is 11.8 Å². The Hall–Kier alpha value is -2.01. The predicted octanol–water partition coefficient (Wildman–Crippen LogP) is 3.08. The molecule has 1 aromatic rings. The molecule has 0 atom stereocenters. The van der Waals surface area contributed by atoms with Crippen molar-refractivity contribution < 1.29 is 24.4 Å². The van der Waals surface area contributed by atoms with E-state index in [9.17, 15) is 4.79 Å². The number of benzene rings is 1. The van der Waals surface area contributed by atoms with Crippen LogP contribution in [0.5, 0.6) is 0 Å². The van der Waals surface area contributed by atoms with Crippen LogP contribution < -0.4 is 0 Å². The van der Waals surface area contributed by atoms with Gasteiger partial charge in [0.25, 0.3) is 0 Å². The zero-order valence-electron chi connectivity index (χ0n) is 10.3. The van der Waals surface area contributed by atoms with Gasteiger partial charge >= 0.3 is 6.16 Å². The van der Waals surface area contributed by atoms with Crippen LogP contribution in [-0.2, 0) is 20.0 Å². The summed E-state index contributed by atoms with van der Waals surface area (Å²) in [6.45, 7) is 3.51. The van der Waals surface area contributed by atoms with Gasteiger partial charge in [0.15, 0.2) is 0 Å². The number of hydrogen-bond acceptors (Lipinski definition) is 5. The van der Waals surface area contributed by atoms with Gasteiger partial charge in [-0.1, -0.05) is 30.3 Å². The van der Waals surface area contributed by atoms with Gasteiger partial charge in [0.2, 0.25) is 0 Å². The molecule has 1 N–H and O–H groups in total. The van der Waals surface area contributed by atoms with Gasteiger partial charge in [0.05, 0.1) is 0 Å². The zero-order valence-corrected chi connectivity index (χ0v) is 10.3. The maximum Gasteiger partial charge on any atom is 0.509 e. The molecule has 0 aromatic heterocycles. The van der Waals surface area contributed by atoms with Gasteiger partial charge < -0.3 is 14.4 Å². The van der Waals surface area contributed by atoms with Crippen LogP contribution in [0.25, 0.3) is 0 Å². The van der Waals surface area contributed by atoms with Crippen LogP contribution >= 0.6 is 0 Å². The fourth-order valence-corrected chi connectivity index (χ4v) is 1.33. The van der Waals surface area contributed by atoms with Gasteiger partial charge in [-0.3, -0.25) is 0 Å². The largest absolute Gasteiger partial charge is 0.509 e. The number of carbonyl (C=O) groups excluding carboxylic acids is 1. The molecule has 18 heavy (non-hydrogen) atoms. The van der Waals surface area contributed by atoms with Crippen molar-refractivity contribution in [2.75, 3.05) is 6.61 Å². The second kappa shape index (κ2) is 6.66. The Bertz CT molecular complexity index is 397. The van der Waals surface area contributed by atoms with Crippen molar-refractivity contribution in [2.24, 2.45) is 0 Å². The number of hydrogen-bond donors (Lipinski definition) is 1. The Balaban J connectivity index is 2.50. The molecule has 0 saturated carbocycles. The third-order valence-corrected chi connectivity index (χ3v) is 2.26. The molecule has 0 aliphatic rings. The predicted molar refractivity (Wildman–Crippen MR) is 64.8 cm³/mol. The number of rotatable bonds is 5. The summed E-state index contributed by atoms with van der Waals surface area (Å²) in [6, 6.07) is 9.36. The Morgan fingerprint density at radius 2 is 2.00 bits per heavy atom. The first-order chi connectivity index (χ1) is 8.56. The van der Waals surface area contributed by atoms with Crippen LogP contribution in [0.3, 0.4) is 0 Å². The van der Waals surface area contributed by atoms with Crippen molar-refractivity contribution in [2.45, 2.75) is 19.4 Å². The molecule has 98 valence electrons. The van der Waals surface area contributed by atoms with Crippen LogP contribution in [0.2, 0.25) is 0 Å². The monoisotopic (exact) mass is 252 g/mol. The molecule has 5 heteroatoms. The first kappa shape index (κ1) is 14.1. The third-order valence-electron chi connectivity index (χ3n) is 2.26. The van der Waals surface area contributed by atoms with E-state index >= 15 is 0 Å². The van der Waals surface area contributed by atoms with Crippen molar-refractivity contribution in [1.29, 1.82) is 0 Å². The van der Waals surface area contributed by atoms with Crippen LogP contribution in [0, 0.1) is 0 Å². The van der Waals surface area contributed by atoms with Gasteiger partial charge in [-0.15, -0.1) is 0 Å². The molecular weight excluding hydrogens is 236 g/mol.